The smallest absolute Gasteiger partial charge is 0.343 e. The predicted octanol–water partition coefficient (Wildman–Crippen LogP) is 3.66. The molecule has 0 bridgehead atoms. The molecule has 0 aliphatic rings. The Morgan fingerprint density at radius 3 is 2.09 bits per heavy atom. The highest BCUT2D eigenvalue weighted by Gasteiger charge is 2.13. The molecule has 3 aromatic carbocycles. The SMILES string of the molecule is COc1ccc(C(=O)Oc2ccc(C=NNC(=O)C(=O)Nc3ccc(Cl)cc3)cc2)cc1. The molecule has 3 aromatic rings. The highest BCUT2D eigenvalue weighted by atomic mass is 35.5. The van der Waals surface area contributed by atoms with E-state index in [0.29, 0.717) is 33.3 Å². The van der Waals surface area contributed by atoms with Crippen LogP contribution >= 0.6 is 11.6 Å². The lowest BCUT2D eigenvalue weighted by Crippen LogP contribution is -2.32. The van der Waals surface area contributed by atoms with E-state index in [1.165, 1.54) is 6.21 Å². The number of carbonyl (C=O) groups excluding carboxylic acids is 3. The number of nitrogens with one attached hydrogen (secondary N) is 2. The second-order valence-electron chi connectivity index (χ2n) is 6.35. The Morgan fingerprint density at radius 2 is 1.47 bits per heavy atom. The topological polar surface area (TPSA) is 106 Å². The summed E-state index contributed by atoms with van der Waals surface area (Å²) in [6.45, 7) is 0. The molecule has 0 radical (unpaired) electrons. The molecule has 0 saturated carbocycles. The fourth-order valence-electron chi connectivity index (χ4n) is 2.45. The van der Waals surface area contributed by atoms with Crippen molar-refractivity contribution in [2.75, 3.05) is 12.4 Å². The van der Waals surface area contributed by atoms with Crippen LogP contribution in [0.25, 0.3) is 0 Å². The summed E-state index contributed by atoms with van der Waals surface area (Å²) in [5, 5.41) is 6.68. The molecule has 0 atom stereocenters. The monoisotopic (exact) mass is 451 g/mol. The fourth-order valence-corrected chi connectivity index (χ4v) is 2.58. The van der Waals surface area contributed by atoms with Gasteiger partial charge in [-0.15, -0.1) is 0 Å². The summed E-state index contributed by atoms with van der Waals surface area (Å²) >= 11 is 5.77. The molecule has 8 nitrogen and oxygen atoms in total. The zero-order chi connectivity index (χ0) is 22.9. The van der Waals surface area contributed by atoms with Gasteiger partial charge in [0.2, 0.25) is 0 Å². The summed E-state index contributed by atoms with van der Waals surface area (Å²) in [6, 6.07) is 19.3. The van der Waals surface area contributed by atoms with E-state index in [1.807, 2.05) is 0 Å². The molecular weight excluding hydrogens is 434 g/mol. The molecular formula is C23H18ClN3O5. The van der Waals surface area contributed by atoms with Gasteiger partial charge in [-0.2, -0.15) is 5.10 Å². The molecule has 0 spiro atoms. The van der Waals surface area contributed by atoms with Gasteiger partial charge in [0.25, 0.3) is 0 Å². The first-order chi connectivity index (χ1) is 15.4. The van der Waals surface area contributed by atoms with Crippen molar-refractivity contribution in [3.8, 4) is 11.5 Å². The number of rotatable bonds is 6. The number of ether oxygens (including phenoxy) is 2. The lowest BCUT2D eigenvalue weighted by molar-refractivity contribution is -0.136. The minimum Gasteiger partial charge on any atom is -0.497 e. The first-order valence-corrected chi connectivity index (χ1v) is 9.68. The maximum atomic E-state index is 12.2. The first kappa shape index (κ1) is 22.5. The van der Waals surface area contributed by atoms with E-state index in [-0.39, 0.29) is 0 Å². The van der Waals surface area contributed by atoms with Crippen LogP contribution in [0.2, 0.25) is 5.02 Å². The first-order valence-electron chi connectivity index (χ1n) is 9.31. The number of nitrogens with zero attached hydrogens (tertiary/aromatic N) is 1. The third-order valence-corrected chi connectivity index (χ3v) is 4.36. The van der Waals surface area contributed by atoms with Gasteiger partial charge in [-0.05, 0) is 78.4 Å². The van der Waals surface area contributed by atoms with Crippen LogP contribution in [0.3, 0.4) is 0 Å². The van der Waals surface area contributed by atoms with Gasteiger partial charge in [0, 0.05) is 10.7 Å². The Bertz CT molecular complexity index is 1130. The van der Waals surface area contributed by atoms with Gasteiger partial charge in [-0.1, -0.05) is 11.6 Å². The molecule has 2 amide bonds. The second kappa shape index (κ2) is 10.7. The number of hydrazone groups is 1. The lowest BCUT2D eigenvalue weighted by atomic mass is 10.2. The van der Waals surface area contributed by atoms with Gasteiger partial charge in [-0.25, -0.2) is 10.2 Å². The third-order valence-electron chi connectivity index (χ3n) is 4.10. The van der Waals surface area contributed by atoms with E-state index in [1.54, 1.807) is 79.9 Å². The van der Waals surface area contributed by atoms with Gasteiger partial charge >= 0.3 is 17.8 Å². The van der Waals surface area contributed by atoms with Crippen LogP contribution in [0.4, 0.5) is 5.69 Å². The highest BCUT2D eigenvalue weighted by Crippen LogP contribution is 2.16. The van der Waals surface area contributed by atoms with Crippen molar-refractivity contribution in [1.82, 2.24) is 5.43 Å². The maximum Gasteiger partial charge on any atom is 0.343 e. The van der Waals surface area contributed by atoms with E-state index in [0.717, 1.165) is 0 Å². The van der Waals surface area contributed by atoms with Crippen molar-refractivity contribution in [3.05, 3.63) is 88.9 Å². The molecule has 0 unspecified atom stereocenters. The van der Waals surface area contributed by atoms with Crippen LogP contribution in [0.15, 0.2) is 77.9 Å². The van der Waals surface area contributed by atoms with E-state index in [4.69, 9.17) is 21.1 Å². The molecule has 0 aliphatic carbocycles. The van der Waals surface area contributed by atoms with Crippen LogP contribution in [0, 0.1) is 0 Å². The number of halogens is 1. The number of hydrogen-bond donors (Lipinski definition) is 2. The fraction of sp³-hybridized carbons (Fsp3) is 0.0435. The molecule has 2 N–H and O–H groups in total. The van der Waals surface area contributed by atoms with Crippen molar-refractivity contribution in [3.63, 3.8) is 0 Å². The standard InChI is InChI=1S/C23H18ClN3O5/c1-31-19-12-4-16(5-13-19)23(30)32-20-10-2-15(3-11-20)14-25-27-22(29)21(28)26-18-8-6-17(24)7-9-18/h2-14H,1H3,(H,26,28)(H,27,29). The number of anilines is 1. The van der Waals surface area contributed by atoms with Crippen molar-refractivity contribution in [2.45, 2.75) is 0 Å². The number of esters is 1. The minimum absolute atomic E-state index is 0.342. The zero-order valence-corrected chi connectivity index (χ0v) is 17.6. The van der Waals surface area contributed by atoms with E-state index < -0.39 is 17.8 Å². The molecule has 0 fully saturated rings. The summed E-state index contributed by atoms with van der Waals surface area (Å²) in [4.78, 5) is 35.9. The van der Waals surface area contributed by atoms with Crippen LogP contribution in [0.1, 0.15) is 15.9 Å². The number of methoxy groups -OCH3 is 1. The molecule has 162 valence electrons. The lowest BCUT2D eigenvalue weighted by Gasteiger charge is -2.05. The number of amides is 2. The Balaban J connectivity index is 1.49. The quantitative estimate of drug-likeness (QED) is 0.195. The molecule has 0 aliphatic heterocycles. The van der Waals surface area contributed by atoms with Crippen LogP contribution in [-0.4, -0.2) is 31.1 Å². The summed E-state index contributed by atoms with van der Waals surface area (Å²) in [5.41, 5.74) is 3.57. The van der Waals surface area contributed by atoms with Crippen molar-refractivity contribution < 1.29 is 23.9 Å². The second-order valence-corrected chi connectivity index (χ2v) is 6.78. The van der Waals surface area contributed by atoms with Gasteiger partial charge in [0.15, 0.2) is 0 Å². The molecule has 9 heteroatoms. The highest BCUT2D eigenvalue weighted by molar-refractivity contribution is 6.39. The molecule has 0 heterocycles. The third kappa shape index (κ3) is 6.41. The number of carbonyl (C=O) groups is 3. The minimum atomic E-state index is -0.929. The Hall–Kier alpha value is -4.17. The Morgan fingerprint density at radius 1 is 0.844 bits per heavy atom. The summed E-state index contributed by atoms with van der Waals surface area (Å²) < 4.78 is 10.4. The van der Waals surface area contributed by atoms with Gasteiger partial charge in [-0.3, -0.25) is 9.59 Å². The van der Waals surface area contributed by atoms with E-state index in [2.05, 4.69) is 15.8 Å². The van der Waals surface area contributed by atoms with Crippen molar-refractivity contribution in [2.24, 2.45) is 5.10 Å². The van der Waals surface area contributed by atoms with Crippen LogP contribution < -0.4 is 20.2 Å². The van der Waals surface area contributed by atoms with E-state index in [9.17, 15) is 14.4 Å². The van der Waals surface area contributed by atoms with Crippen LogP contribution in [-0.2, 0) is 9.59 Å². The number of benzene rings is 3. The molecule has 0 aromatic heterocycles. The Kier molecular flexibility index (Phi) is 7.55. The average Bonchev–Trinajstić information content (AvgIpc) is 2.81. The van der Waals surface area contributed by atoms with E-state index >= 15 is 0 Å². The molecule has 0 saturated heterocycles. The largest absolute Gasteiger partial charge is 0.497 e. The Labute approximate surface area is 188 Å². The van der Waals surface area contributed by atoms with Gasteiger partial charge in [0.1, 0.15) is 11.5 Å². The number of hydrogen-bond acceptors (Lipinski definition) is 6. The average molecular weight is 452 g/mol. The predicted molar refractivity (Wildman–Crippen MR) is 120 cm³/mol. The summed E-state index contributed by atoms with van der Waals surface area (Å²) in [7, 11) is 1.54. The van der Waals surface area contributed by atoms with Crippen molar-refractivity contribution >= 4 is 41.3 Å². The zero-order valence-electron chi connectivity index (χ0n) is 16.9. The normalized spacial score (nSPS) is 10.4. The maximum absolute atomic E-state index is 12.2. The van der Waals surface area contributed by atoms with Gasteiger partial charge in [0.05, 0.1) is 18.9 Å². The van der Waals surface area contributed by atoms with Gasteiger partial charge < -0.3 is 14.8 Å². The molecule has 3 rings (SSSR count). The summed E-state index contributed by atoms with van der Waals surface area (Å²) in [5.74, 6) is -1.33. The van der Waals surface area contributed by atoms with Crippen molar-refractivity contribution in [1.29, 1.82) is 0 Å². The summed E-state index contributed by atoms with van der Waals surface area (Å²) in [6.07, 6.45) is 1.35. The molecule has 32 heavy (non-hydrogen) atoms. The van der Waals surface area contributed by atoms with Crippen LogP contribution in [0.5, 0.6) is 11.5 Å².